The Kier molecular flexibility index (Phi) is 5.08. The van der Waals surface area contributed by atoms with E-state index >= 15 is 0 Å². The average Bonchev–Trinajstić information content (AvgIpc) is 3.24. The van der Waals surface area contributed by atoms with E-state index in [1.165, 1.54) is 23.1 Å². The third-order valence-corrected chi connectivity index (χ3v) is 9.09. The topological polar surface area (TPSA) is 72.0 Å². The van der Waals surface area contributed by atoms with Gasteiger partial charge in [-0.1, -0.05) is 74.2 Å². The van der Waals surface area contributed by atoms with E-state index in [9.17, 15) is 9.59 Å². The fourth-order valence-electron chi connectivity index (χ4n) is 4.64. The lowest BCUT2D eigenvalue weighted by molar-refractivity contribution is -0.127. The number of anilines is 1. The van der Waals surface area contributed by atoms with Crippen LogP contribution in [0, 0.1) is 16.7 Å². The lowest BCUT2D eigenvalue weighted by atomic mass is 9.70. The molecule has 1 heterocycles. The van der Waals surface area contributed by atoms with Gasteiger partial charge in [-0.25, -0.2) is 0 Å². The van der Waals surface area contributed by atoms with Gasteiger partial charge in [-0.15, -0.1) is 10.2 Å². The minimum Gasteiger partial charge on any atom is -0.300 e. The average molecular weight is 416 g/mol. The molecule has 5 nitrogen and oxygen atoms in total. The van der Waals surface area contributed by atoms with E-state index < -0.39 is 0 Å². The zero-order valence-corrected chi connectivity index (χ0v) is 18.0. The summed E-state index contributed by atoms with van der Waals surface area (Å²) in [6, 6.07) is 9.94. The molecule has 1 amide bonds. The van der Waals surface area contributed by atoms with Crippen molar-refractivity contribution in [2.75, 3.05) is 5.32 Å². The Bertz CT molecular complexity index is 896. The highest BCUT2D eigenvalue weighted by Gasteiger charge is 2.66. The number of thioether (sulfide) groups is 1. The van der Waals surface area contributed by atoms with Crippen LogP contribution in [-0.2, 0) is 16.0 Å². The van der Waals surface area contributed by atoms with Gasteiger partial charge in [-0.3, -0.25) is 9.59 Å². The molecule has 1 aromatic heterocycles. The fraction of sp³-hybridized carbons (Fsp3) is 0.524. The van der Waals surface area contributed by atoms with E-state index in [1.807, 2.05) is 30.3 Å². The first-order valence-corrected chi connectivity index (χ1v) is 11.4. The van der Waals surface area contributed by atoms with Gasteiger partial charge in [-0.2, -0.15) is 0 Å². The summed E-state index contributed by atoms with van der Waals surface area (Å²) in [4.78, 5) is 25.2. The number of hydrogen-bond acceptors (Lipinski definition) is 6. The Hall–Kier alpha value is -1.73. The number of benzene rings is 1. The SMILES string of the molecule is CC12CCC(C(Sc3nnc(NC(=O)CCc4ccccc4)s3)C1=O)C2(C)C. The number of aromatic nitrogens is 2. The molecule has 3 unspecified atom stereocenters. The zero-order valence-electron chi connectivity index (χ0n) is 16.4. The van der Waals surface area contributed by atoms with Crippen LogP contribution in [0.4, 0.5) is 5.13 Å². The third kappa shape index (κ3) is 3.28. The van der Waals surface area contributed by atoms with Crippen LogP contribution in [0.15, 0.2) is 34.7 Å². The van der Waals surface area contributed by atoms with Crippen molar-refractivity contribution < 1.29 is 9.59 Å². The van der Waals surface area contributed by atoms with Crippen molar-refractivity contribution in [3.8, 4) is 0 Å². The van der Waals surface area contributed by atoms with Crippen molar-refractivity contribution in [3.05, 3.63) is 35.9 Å². The first kappa shape index (κ1) is 19.6. The summed E-state index contributed by atoms with van der Waals surface area (Å²) in [7, 11) is 0. The molecule has 0 radical (unpaired) electrons. The number of amides is 1. The van der Waals surface area contributed by atoms with Crippen molar-refractivity contribution in [2.45, 2.75) is 56.0 Å². The summed E-state index contributed by atoms with van der Waals surface area (Å²) in [6.07, 6.45) is 3.18. The molecule has 2 aromatic rings. The number of carbonyl (C=O) groups is 2. The number of ketones is 1. The molecule has 2 fully saturated rings. The molecule has 3 atom stereocenters. The fourth-order valence-corrected chi connectivity index (χ4v) is 7.19. The molecule has 1 N–H and O–H groups in total. The van der Waals surface area contributed by atoms with Gasteiger partial charge in [0.25, 0.3) is 0 Å². The number of rotatable bonds is 6. The molecule has 1 aromatic carbocycles. The van der Waals surface area contributed by atoms with E-state index in [4.69, 9.17) is 0 Å². The maximum absolute atomic E-state index is 13.0. The highest BCUT2D eigenvalue weighted by molar-refractivity contribution is 8.02. The largest absolute Gasteiger partial charge is 0.300 e. The second-order valence-corrected chi connectivity index (χ2v) is 10.9. The molecule has 0 aliphatic heterocycles. The number of carbonyl (C=O) groups excluding carboxylic acids is 2. The van der Waals surface area contributed by atoms with Crippen LogP contribution in [0.25, 0.3) is 0 Å². The standard InChI is InChI=1S/C21H25N3O2S2/c1-20(2)14-11-12-21(20,3)17(26)16(14)27-19-24-23-18(28-19)22-15(25)10-9-13-7-5-4-6-8-13/h4-8,14,16H,9-12H2,1-3H3,(H,22,23,25). The Labute approximate surface area is 173 Å². The zero-order chi connectivity index (χ0) is 19.9. The Balaban J connectivity index is 1.35. The van der Waals surface area contributed by atoms with E-state index in [1.54, 1.807) is 0 Å². The molecule has 2 bridgehead atoms. The van der Waals surface area contributed by atoms with Gasteiger partial charge in [0, 0.05) is 11.8 Å². The predicted molar refractivity (Wildman–Crippen MR) is 113 cm³/mol. The highest BCUT2D eigenvalue weighted by Crippen LogP contribution is 2.66. The monoisotopic (exact) mass is 415 g/mol. The lowest BCUT2D eigenvalue weighted by Gasteiger charge is -2.32. The number of fused-ring (bicyclic) bond motifs is 2. The molecule has 0 saturated heterocycles. The van der Waals surface area contributed by atoms with Gasteiger partial charge >= 0.3 is 0 Å². The number of nitrogens with one attached hydrogen (secondary N) is 1. The molecule has 2 aliphatic rings. The van der Waals surface area contributed by atoms with Crippen molar-refractivity contribution in [3.63, 3.8) is 0 Å². The normalized spacial score (nSPS) is 27.9. The maximum Gasteiger partial charge on any atom is 0.226 e. The van der Waals surface area contributed by atoms with Crippen LogP contribution in [0.1, 0.15) is 45.6 Å². The van der Waals surface area contributed by atoms with E-state index in [-0.39, 0.29) is 22.0 Å². The molecule has 7 heteroatoms. The van der Waals surface area contributed by atoms with Crippen molar-refractivity contribution in [1.29, 1.82) is 0 Å². The predicted octanol–water partition coefficient (Wildman–Crippen LogP) is 4.60. The second kappa shape index (κ2) is 7.26. The first-order chi connectivity index (χ1) is 13.3. The van der Waals surface area contributed by atoms with Crippen LogP contribution in [0.3, 0.4) is 0 Å². The number of nitrogens with zero attached hydrogens (tertiary/aromatic N) is 2. The summed E-state index contributed by atoms with van der Waals surface area (Å²) < 4.78 is 0.753. The quantitative estimate of drug-likeness (QED) is 0.699. The smallest absolute Gasteiger partial charge is 0.226 e. The van der Waals surface area contributed by atoms with E-state index in [0.717, 1.165) is 22.7 Å². The van der Waals surface area contributed by atoms with E-state index in [2.05, 4.69) is 36.3 Å². The first-order valence-electron chi connectivity index (χ1n) is 9.69. The van der Waals surface area contributed by atoms with Crippen LogP contribution >= 0.6 is 23.1 Å². The summed E-state index contributed by atoms with van der Waals surface area (Å²) in [5.41, 5.74) is 0.937. The molecule has 0 spiro atoms. The second-order valence-electron chi connectivity index (χ2n) is 8.51. The van der Waals surface area contributed by atoms with Gasteiger partial charge in [0.15, 0.2) is 10.1 Å². The number of Topliss-reactive ketones (excluding diaryl/α,β-unsaturated/α-hetero) is 1. The van der Waals surface area contributed by atoms with Gasteiger partial charge in [0.2, 0.25) is 11.0 Å². The number of hydrogen-bond donors (Lipinski definition) is 1. The maximum atomic E-state index is 13.0. The minimum absolute atomic E-state index is 0.0287. The Morgan fingerprint density at radius 2 is 2.00 bits per heavy atom. The Morgan fingerprint density at radius 3 is 2.68 bits per heavy atom. The highest BCUT2D eigenvalue weighted by atomic mass is 32.2. The van der Waals surface area contributed by atoms with Gasteiger partial charge in [-0.05, 0) is 36.2 Å². The third-order valence-electron chi connectivity index (χ3n) is 6.84. The summed E-state index contributed by atoms with van der Waals surface area (Å²) in [6.45, 7) is 6.57. The van der Waals surface area contributed by atoms with Gasteiger partial charge in [0.1, 0.15) is 0 Å². The molecular formula is C21H25N3O2S2. The van der Waals surface area contributed by atoms with Crippen molar-refractivity contribution in [1.82, 2.24) is 10.2 Å². The van der Waals surface area contributed by atoms with Crippen molar-refractivity contribution >= 4 is 39.9 Å². The summed E-state index contributed by atoms with van der Waals surface area (Å²) in [5, 5.41) is 11.6. The number of aryl methyl sites for hydroxylation is 1. The minimum atomic E-state index is -0.228. The summed E-state index contributed by atoms with van der Waals surface area (Å²) >= 11 is 2.88. The molecule has 2 saturated carbocycles. The van der Waals surface area contributed by atoms with E-state index in [0.29, 0.717) is 29.7 Å². The van der Waals surface area contributed by atoms with Crippen LogP contribution in [0.2, 0.25) is 0 Å². The molecule has 2 aliphatic carbocycles. The van der Waals surface area contributed by atoms with Crippen LogP contribution in [0.5, 0.6) is 0 Å². The van der Waals surface area contributed by atoms with Gasteiger partial charge < -0.3 is 5.32 Å². The lowest BCUT2D eigenvalue weighted by Crippen LogP contribution is -2.34. The van der Waals surface area contributed by atoms with Crippen LogP contribution < -0.4 is 5.32 Å². The molecule has 4 rings (SSSR count). The van der Waals surface area contributed by atoms with Crippen molar-refractivity contribution in [2.24, 2.45) is 16.7 Å². The Morgan fingerprint density at radius 1 is 1.25 bits per heavy atom. The molecule has 148 valence electrons. The van der Waals surface area contributed by atoms with Gasteiger partial charge in [0.05, 0.1) is 5.25 Å². The molecule has 28 heavy (non-hydrogen) atoms. The van der Waals surface area contributed by atoms with Crippen LogP contribution in [-0.4, -0.2) is 27.1 Å². The molecular weight excluding hydrogens is 390 g/mol. The summed E-state index contributed by atoms with van der Waals surface area (Å²) in [5.74, 6) is 0.659.